The molecule has 1 aromatic carbocycles. The van der Waals surface area contributed by atoms with Crippen LogP contribution in [-0.2, 0) is 16.8 Å². The number of rotatable bonds is 1. The SMILES string of the molecule is CC1(C#N)COCc2c(P)cc(C(=O)O)cc21. The molecule has 0 saturated heterocycles. The highest BCUT2D eigenvalue weighted by molar-refractivity contribution is 7.27. The first-order valence-corrected chi connectivity index (χ1v) is 5.71. The smallest absolute Gasteiger partial charge is 0.335 e. The van der Waals surface area contributed by atoms with Gasteiger partial charge in [-0.1, -0.05) is 0 Å². The van der Waals surface area contributed by atoms with Gasteiger partial charge in [0, 0.05) is 0 Å². The summed E-state index contributed by atoms with van der Waals surface area (Å²) in [5.74, 6) is -0.983. The lowest BCUT2D eigenvalue weighted by Crippen LogP contribution is -2.34. The second-order valence-corrected chi connectivity index (χ2v) is 4.96. The third kappa shape index (κ3) is 1.93. The Hall–Kier alpha value is -1.43. The molecule has 1 aliphatic rings. The van der Waals surface area contributed by atoms with Crippen LogP contribution in [0, 0.1) is 11.3 Å². The molecule has 88 valence electrons. The number of hydrogen-bond donors (Lipinski definition) is 1. The number of carboxylic acids is 1. The minimum atomic E-state index is -0.983. The summed E-state index contributed by atoms with van der Waals surface area (Å²) in [6.45, 7) is 2.48. The Morgan fingerprint density at radius 3 is 2.94 bits per heavy atom. The summed E-state index contributed by atoms with van der Waals surface area (Å²) in [6, 6.07) is 5.36. The van der Waals surface area contributed by atoms with Crippen LogP contribution in [-0.4, -0.2) is 17.7 Å². The molecule has 2 rings (SSSR count). The van der Waals surface area contributed by atoms with Crippen molar-refractivity contribution in [3.05, 3.63) is 28.8 Å². The molecule has 0 aliphatic carbocycles. The van der Waals surface area contributed by atoms with E-state index in [9.17, 15) is 10.1 Å². The van der Waals surface area contributed by atoms with Crippen LogP contribution in [0.4, 0.5) is 0 Å². The van der Waals surface area contributed by atoms with Crippen LogP contribution < -0.4 is 5.30 Å². The van der Waals surface area contributed by atoms with Gasteiger partial charge in [-0.15, -0.1) is 9.24 Å². The molecule has 0 aromatic heterocycles. The lowest BCUT2D eigenvalue weighted by Gasteiger charge is -2.31. The monoisotopic (exact) mass is 249 g/mol. The van der Waals surface area contributed by atoms with Crippen LogP contribution in [0.3, 0.4) is 0 Å². The molecule has 0 spiro atoms. The molecule has 5 heteroatoms. The summed E-state index contributed by atoms with van der Waals surface area (Å²) in [5, 5.41) is 19.0. The Morgan fingerprint density at radius 2 is 2.35 bits per heavy atom. The lowest BCUT2D eigenvalue weighted by molar-refractivity contribution is 0.0690. The maximum Gasteiger partial charge on any atom is 0.335 e. The number of fused-ring (bicyclic) bond motifs is 1. The van der Waals surface area contributed by atoms with E-state index in [0.29, 0.717) is 13.2 Å². The first kappa shape index (κ1) is 12.0. The quantitative estimate of drug-likeness (QED) is 0.759. The lowest BCUT2D eigenvalue weighted by atomic mass is 9.79. The van der Waals surface area contributed by atoms with E-state index in [0.717, 1.165) is 16.4 Å². The Kier molecular flexibility index (Phi) is 2.91. The van der Waals surface area contributed by atoms with Crippen molar-refractivity contribution >= 4 is 20.5 Å². The summed E-state index contributed by atoms with van der Waals surface area (Å²) in [5.41, 5.74) is 1.09. The van der Waals surface area contributed by atoms with Gasteiger partial charge in [0.15, 0.2) is 0 Å². The van der Waals surface area contributed by atoms with E-state index in [-0.39, 0.29) is 5.56 Å². The summed E-state index contributed by atoms with van der Waals surface area (Å²) in [7, 11) is 2.50. The predicted octanol–water partition coefficient (Wildman–Crippen LogP) is 1.20. The van der Waals surface area contributed by atoms with Gasteiger partial charge in [-0.25, -0.2) is 4.79 Å². The molecule has 2 atom stereocenters. The number of aromatic carboxylic acids is 1. The summed E-state index contributed by atoms with van der Waals surface area (Å²) < 4.78 is 5.40. The van der Waals surface area contributed by atoms with Crippen molar-refractivity contribution in [1.82, 2.24) is 0 Å². The normalized spacial score (nSPS) is 22.6. The molecule has 4 nitrogen and oxygen atoms in total. The van der Waals surface area contributed by atoms with Gasteiger partial charge < -0.3 is 9.84 Å². The maximum atomic E-state index is 11.0. The van der Waals surface area contributed by atoms with E-state index in [2.05, 4.69) is 15.3 Å². The second-order valence-electron chi connectivity index (χ2n) is 4.33. The zero-order valence-corrected chi connectivity index (χ0v) is 10.5. The summed E-state index contributed by atoms with van der Waals surface area (Å²) >= 11 is 0. The van der Waals surface area contributed by atoms with E-state index in [1.54, 1.807) is 19.1 Å². The van der Waals surface area contributed by atoms with Gasteiger partial charge in [-0.3, -0.25) is 0 Å². The van der Waals surface area contributed by atoms with Crippen LogP contribution >= 0.6 is 9.24 Å². The van der Waals surface area contributed by atoms with Gasteiger partial charge in [-0.2, -0.15) is 5.26 Å². The van der Waals surface area contributed by atoms with Crippen LogP contribution in [0.5, 0.6) is 0 Å². The fourth-order valence-electron chi connectivity index (χ4n) is 2.00. The molecular formula is C12H12NO3P. The molecule has 1 aromatic rings. The Bertz CT molecular complexity index is 535. The number of nitriles is 1. The van der Waals surface area contributed by atoms with Crippen LogP contribution in [0.1, 0.15) is 28.4 Å². The third-order valence-electron chi connectivity index (χ3n) is 3.01. The molecule has 17 heavy (non-hydrogen) atoms. The molecule has 1 heterocycles. The first-order valence-electron chi connectivity index (χ1n) is 5.13. The Labute approximate surface area is 101 Å². The highest BCUT2D eigenvalue weighted by Crippen LogP contribution is 2.32. The van der Waals surface area contributed by atoms with Gasteiger partial charge in [0.05, 0.1) is 24.8 Å². The molecule has 2 unspecified atom stereocenters. The van der Waals surface area contributed by atoms with Crippen molar-refractivity contribution in [3.63, 3.8) is 0 Å². The largest absolute Gasteiger partial charge is 0.478 e. The van der Waals surface area contributed by atoms with Crippen molar-refractivity contribution in [1.29, 1.82) is 5.26 Å². The van der Waals surface area contributed by atoms with E-state index < -0.39 is 11.4 Å². The van der Waals surface area contributed by atoms with Gasteiger partial charge in [0.2, 0.25) is 0 Å². The zero-order chi connectivity index (χ0) is 12.6. The van der Waals surface area contributed by atoms with Crippen molar-refractivity contribution in [2.75, 3.05) is 6.61 Å². The second kappa shape index (κ2) is 4.10. The number of benzene rings is 1. The molecular weight excluding hydrogens is 237 g/mol. The number of hydrogen-bond acceptors (Lipinski definition) is 3. The van der Waals surface area contributed by atoms with E-state index in [4.69, 9.17) is 9.84 Å². The fourth-order valence-corrected chi connectivity index (χ4v) is 2.42. The topological polar surface area (TPSA) is 70.3 Å². The zero-order valence-electron chi connectivity index (χ0n) is 9.36. The van der Waals surface area contributed by atoms with E-state index in [1.165, 1.54) is 0 Å². The van der Waals surface area contributed by atoms with Crippen LogP contribution in [0.2, 0.25) is 0 Å². The van der Waals surface area contributed by atoms with Crippen molar-refractivity contribution < 1.29 is 14.6 Å². The van der Waals surface area contributed by atoms with Crippen molar-refractivity contribution in [2.24, 2.45) is 0 Å². The third-order valence-corrected chi connectivity index (χ3v) is 3.52. The number of carbonyl (C=O) groups is 1. The number of ether oxygens (including phenoxy) is 1. The fraction of sp³-hybridized carbons (Fsp3) is 0.333. The number of carboxylic acid groups (broad SMARTS) is 1. The standard InChI is InChI=1S/C12H12NO3P/c1-12(5-13)6-16-4-8-9(12)2-7(11(14)15)3-10(8)17/h2-3H,4,6,17H2,1H3,(H,14,15). The average Bonchev–Trinajstić information content (AvgIpc) is 2.30. The Morgan fingerprint density at radius 1 is 1.65 bits per heavy atom. The predicted molar refractivity (Wildman–Crippen MR) is 65.4 cm³/mol. The highest BCUT2D eigenvalue weighted by Gasteiger charge is 2.34. The molecule has 0 fully saturated rings. The molecule has 0 radical (unpaired) electrons. The molecule has 0 saturated carbocycles. The van der Waals surface area contributed by atoms with Gasteiger partial charge in [0.25, 0.3) is 0 Å². The van der Waals surface area contributed by atoms with Crippen LogP contribution in [0.25, 0.3) is 0 Å². The van der Waals surface area contributed by atoms with Gasteiger partial charge >= 0.3 is 5.97 Å². The molecule has 0 bridgehead atoms. The summed E-state index contributed by atoms with van der Waals surface area (Å²) in [6.07, 6.45) is 0. The minimum absolute atomic E-state index is 0.206. The Balaban J connectivity index is 2.68. The van der Waals surface area contributed by atoms with E-state index in [1.807, 2.05) is 0 Å². The van der Waals surface area contributed by atoms with Crippen LogP contribution in [0.15, 0.2) is 12.1 Å². The summed E-state index contributed by atoms with van der Waals surface area (Å²) in [4.78, 5) is 11.0. The van der Waals surface area contributed by atoms with Gasteiger partial charge in [0.1, 0.15) is 5.41 Å². The van der Waals surface area contributed by atoms with E-state index >= 15 is 0 Å². The average molecular weight is 249 g/mol. The number of nitrogens with zero attached hydrogens (tertiary/aromatic N) is 1. The maximum absolute atomic E-state index is 11.0. The van der Waals surface area contributed by atoms with Gasteiger partial charge in [-0.05, 0) is 35.5 Å². The molecule has 0 amide bonds. The minimum Gasteiger partial charge on any atom is -0.478 e. The van der Waals surface area contributed by atoms with Crippen molar-refractivity contribution in [3.8, 4) is 6.07 Å². The first-order chi connectivity index (χ1) is 7.98. The van der Waals surface area contributed by atoms with Crippen molar-refractivity contribution in [2.45, 2.75) is 18.9 Å². The molecule has 1 aliphatic heterocycles. The molecule has 1 N–H and O–H groups in total. The highest BCUT2D eigenvalue weighted by atomic mass is 31.0.